The van der Waals surface area contributed by atoms with Gasteiger partial charge in [-0.15, -0.1) is 0 Å². The molecule has 29 heavy (non-hydrogen) atoms. The quantitative estimate of drug-likeness (QED) is 0.635. The van der Waals surface area contributed by atoms with Crippen LogP contribution >= 0.6 is 11.3 Å². The highest BCUT2D eigenvalue weighted by atomic mass is 32.2. The SMILES string of the molecule is O=S(=O)(c1ccc2c(c1)OCCO2)N1CCCN(c2nc3ccccc3s2)CC1. The highest BCUT2D eigenvalue weighted by Crippen LogP contribution is 2.34. The van der Waals surface area contributed by atoms with E-state index in [4.69, 9.17) is 14.5 Å². The Kier molecular flexibility index (Phi) is 4.81. The van der Waals surface area contributed by atoms with E-state index in [9.17, 15) is 8.42 Å². The fraction of sp³-hybridized carbons (Fsp3) is 0.350. The molecule has 3 heterocycles. The summed E-state index contributed by atoms with van der Waals surface area (Å²) in [7, 11) is -3.59. The highest BCUT2D eigenvalue weighted by Gasteiger charge is 2.29. The minimum atomic E-state index is -3.59. The Morgan fingerprint density at radius 2 is 1.76 bits per heavy atom. The molecule has 0 amide bonds. The Morgan fingerprint density at radius 3 is 2.62 bits per heavy atom. The molecule has 152 valence electrons. The Balaban J connectivity index is 1.35. The molecular weight excluding hydrogens is 410 g/mol. The molecule has 1 fully saturated rings. The van der Waals surface area contributed by atoms with E-state index in [-0.39, 0.29) is 4.90 Å². The van der Waals surface area contributed by atoms with Gasteiger partial charge >= 0.3 is 0 Å². The van der Waals surface area contributed by atoms with Gasteiger partial charge in [-0.3, -0.25) is 0 Å². The molecule has 7 nitrogen and oxygen atoms in total. The van der Waals surface area contributed by atoms with Crippen LogP contribution in [0.1, 0.15) is 6.42 Å². The van der Waals surface area contributed by atoms with Gasteiger partial charge in [0, 0.05) is 32.2 Å². The smallest absolute Gasteiger partial charge is 0.243 e. The molecular formula is C20H21N3O4S2. The van der Waals surface area contributed by atoms with Crippen molar-refractivity contribution in [2.45, 2.75) is 11.3 Å². The fourth-order valence-corrected chi connectivity index (χ4v) is 6.16. The molecule has 1 aromatic heterocycles. The van der Waals surface area contributed by atoms with Crippen molar-refractivity contribution in [3.63, 3.8) is 0 Å². The van der Waals surface area contributed by atoms with Crippen LogP contribution in [-0.4, -0.2) is 57.1 Å². The minimum Gasteiger partial charge on any atom is -0.486 e. The van der Waals surface area contributed by atoms with E-state index in [0.717, 1.165) is 28.3 Å². The molecule has 3 aromatic rings. The number of benzene rings is 2. The van der Waals surface area contributed by atoms with Gasteiger partial charge in [-0.25, -0.2) is 13.4 Å². The van der Waals surface area contributed by atoms with Gasteiger partial charge in [0.25, 0.3) is 0 Å². The van der Waals surface area contributed by atoms with Crippen LogP contribution in [0.15, 0.2) is 47.4 Å². The number of para-hydroxylation sites is 1. The van der Waals surface area contributed by atoms with Gasteiger partial charge in [-0.2, -0.15) is 4.31 Å². The van der Waals surface area contributed by atoms with Crippen molar-refractivity contribution >= 4 is 36.7 Å². The largest absolute Gasteiger partial charge is 0.486 e. The van der Waals surface area contributed by atoms with Crippen LogP contribution in [0.2, 0.25) is 0 Å². The van der Waals surface area contributed by atoms with Crippen molar-refractivity contribution < 1.29 is 17.9 Å². The predicted octanol–water partition coefficient (Wildman–Crippen LogP) is 2.97. The lowest BCUT2D eigenvalue weighted by atomic mass is 10.3. The van der Waals surface area contributed by atoms with Gasteiger partial charge in [0.15, 0.2) is 16.6 Å². The molecule has 0 unspecified atom stereocenters. The second kappa shape index (κ2) is 7.47. The Bertz CT molecular complexity index is 1110. The van der Waals surface area contributed by atoms with Gasteiger partial charge in [0.2, 0.25) is 10.0 Å². The summed E-state index contributed by atoms with van der Waals surface area (Å²) in [6, 6.07) is 12.9. The third kappa shape index (κ3) is 3.54. The van der Waals surface area contributed by atoms with Gasteiger partial charge < -0.3 is 14.4 Å². The number of thiazole rings is 1. The first-order valence-corrected chi connectivity index (χ1v) is 11.9. The third-order valence-electron chi connectivity index (χ3n) is 5.16. The molecule has 2 aliphatic rings. The van der Waals surface area contributed by atoms with E-state index in [2.05, 4.69) is 11.0 Å². The number of ether oxygens (including phenoxy) is 2. The van der Waals surface area contributed by atoms with Gasteiger partial charge in [-0.05, 0) is 30.7 Å². The number of rotatable bonds is 3. The molecule has 2 aromatic carbocycles. The van der Waals surface area contributed by atoms with Crippen LogP contribution in [0.5, 0.6) is 11.5 Å². The van der Waals surface area contributed by atoms with Crippen molar-refractivity contribution in [1.29, 1.82) is 0 Å². The number of hydrogen-bond donors (Lipinski definition) is 0. The number of hydrogen-bond acceptors (Lipinski definition) is 7. The molecule has 0 N–H and O–H groups in total. The summed E-state index contributed by atoms with van der Waals surface area (Å²) in [5, 5.41) is 0.949. The first-order chi connectivity index (χ1) is 14.1. The normalized spacial score (nSPS) is 18.0. The first kappa shape index (κ1) is 18.7. The number of sulfonamides is 1. The van der Waals surface area contributed by atoms with Crippen LogP contribution in [-0.2, 0) is 10.0 Å². The van der Waals surface area contributed by atoms with E-state index in [1.807, 2.05) is 18.2 Å². The summed E-state index contributed by atoms with van der Waals surface area (Å²) in [6.45, 7) is 3.21. The zero-order valence-corrected chi connectivity index (χ0v) is 17.4. The highest BCUT2D eigenvalue weighted by molar-refractivity contribution is 7.89. The standard InChI is InChI=1S/C20H21N3O4S2/c24-29(25,15-6-7-17-18(14-15)27-13-12-26-17)23-9-3-8-22(10-11-23)20-21-16-4-1-2-5-19(16)28-20/h1-2,4-7,14H,3,8-13H2. The molecule has 0 bridgehead atoms. The molecule has 1 saturated heterocycles. The molecule has 0 radical (unpaired) electrons. The number of aromatic nitrogens is 1. The van der Waals surface area contributed by atoms with E-state index in [1.165, 1.54) is 0 Å². The number of nitrogens with zero attached hydrogens (tertiary/aromatic N) is 3. The minimum absolute atomic E-state index is 0.246. The fourth-order valence-electron chi connectivity index (χ4n) is 3.65. The first-order valence-electron chi connectivity index (χ1n) is 9.61. The second-order valence-corrected chi connectivity index (χ2v) is 9.96. The molecule has 2 aliphatic heterocycles. The van der Waals surface area contributed by atoms with Crippen molar-refractivity contribution in [2.75, 3.05) is 44.3 Å². The maximum Gasteiger partial charge on any atom is 0.243 e. The van der Waals surface area contributed by atoms with Crippen LogP contribution in [0.25, 0.3) is 10.2 Å². The van der Waals surface area contributed by atoms with Gasteiger partial charge in [0.05, 0.1) is 15.1 Å². The van der Waals surface area contributed by atoms with E-state index in [0.29, 0.717) is 44.3 Å². The lowest BCUT2D eigenvalue weighted by Crippen LogP contribution is -2.35. The summed E-state index contributed by atoms with van der Waals surface area (Å²) in [5.41, 5.74) is 0.984. The summed E-state index contributed by atoms with van der Waals surface area (Å²) < 4.78 is 40.2. The Labute approximate surface area is 173 Å². The zero-order chi connectivity index (χ0) is 19.8. The molecule has 0 spiro atoms. The monoisotopic (exact) mass is 431 g/mol. The van der Waals surface area contributed by atoms with Gasteiger partial charge in [0.1, 0.15) is 13.2 Å². The topological polar surface area (TPSA) is 72.0 Å². The van der Waals surface area contributed by atoms with Crippen LogP contribution in [0.4, 0.5) is 5.13 Å². The maximum absolute atomic E-state index is 13.2. The molecule has 0 atom stereocenters. The van der Waals surface area contributed by atoms with Crippen molar-refractivity contribution in [2.24, 2.45) is 0 Å². The van der Waals surface area contributed by atoms with E-state index in [1.54, 1.807) is 33.8 Å². The number of fused-ring (bicyclic) bond motifs is 2. The van der Waals surface area contributed by atoms with Gasteiger partial charge in [-0.1, -0.05) is 23.5 Å². The van der Waals surface area contributed by atoms with E-state index >= 15 is 0 Å². The number of anilines is 1. The van der Waals surface area contributed by atoms with Crippen molar-refractivity contribution in [1.82, 2.24) is 9.29 Å². The summed E-state index contributed by atoms with van der Waals surface area (Å²) in [4.78, 5) is 7.15. The third-order valence-corrected chi connectivity index (χ3v) is 8.15. The second-order valence-electron chi connectivity index (χ2n) is 7.01. The average Bonchev–Trinajstić information content (AvgIpc) is 3.01. The lowest BCUT2D eigenvalue weighted by Gasteiger charge is -2.23. The summed E-state index contributed by atoms with van der Waals surface area (Å²) in [5.74, 6) is 1.08. The average molecular weight is 432 g/mol. The van der Waals surface area contributed by atoms with Crippen molar-refractivity contribution in [3.05, 3.63) is 42.5 Å². The predicted molar refractivity (Wildman–Crippen MR) is 113 cm³/mol. The van der Waals surface area contributed by atoms with Crippen LogP contribution < -0.4 is 14.4 Å². The summed E-state index contributed by atoms with van der Waals surface area (Å²) >= 11 is 1.65. The Hall–Kier alpha value is -2.36. The van der Waals surface area contributed by atoms with Crippen molar-refractivity contribution in [3.8, 4) is 11.5 Å². The maximum atomic E-state index is 13.2. The van der Waals surface area contributed by atoms with Crippen LogP contribution in [0, 0.1) is 0 Å². The lowest BCUT2D eigenvalue weighted by molar-refractivity contribution is 0.171. The molecule has 9 heteroatoms. The van der Waals surface area contributed by atoms with E-state index < -0.39 is 10.0 Å². The zero-order valence-electron chi connectivity index (χ0n) is 15.8. The Morgan fingerprint density at radius 1 is 0.931 bits per heavy atom. The molecule has 0 aliphatic carbocycles. The molecule has 0 saturated carbocycles. The summed E-state index contributed by atoms with van der Waals surface area (Å²) in [6.07, 6.45) is 0.750. The molecule has 5 rings (SSSR count). The van der Waals surface area contributed by atoms with Crippen LogP contribution in [0.3, 0.4) is 0 Å².